The molecule has 0 aromatic heterocycles. The third kappa shape index (κ3) is 2.89. The summed E-state index contributed by atoms with van der Waals surface area (Å²) in [6.07, 6.45) is -13.8. The van der Waals surface area contributed by atoms with Crippen molar-refractivity contribution in [3.8, 4) is 12.1 Å². The molecule has 0 bridgehead atoms. The molecule has 0 unspecified atom stereocenters. The summed E-state index contributed by atoms with van der Waals surface area (Å²) in [5.41, 5.74) is -12.3. The fraction of sp³-hybridized carbons (Fsp3) is 0.333. The molecule has 0 aliphatic rings. The first-order chi connectivity index (χ1) is 11.5. The van der Waals surface area contributed by atoms with Crippen LogP contribution in [0.5, 0.6) is 0 Å². The normalized spacial score (nSPS) is 13.3. The number of alkyl halides is 10. The maximum absolute atomic E-state index is 13.8. The molecule has 0 heterocycles. The summed E-state index contributed by atoms with van der Waals surface area (Å²) in [4.78, 5) is 0. The molecule has 0 N–H and O–H groups in total. The van der Waals surface area contributed by atoms with Gasteiger partial charge in [0, 0.05) is 0 Å². The summed E-state index contributed by atoms with van der Waals surface area (Å²) in [6, 6.07) is 0.626. The molecule has 0 aliphatic carbocycles. The van der Waals surface area contributed by atoms with Crippen LogP contribution >= 0.6 is 0 Å². The minimum absolute atomic E-state index is 0.234. The molecule has 0 radical (unpaired) electrons. The van der Waals surface area contributed by atoms with Crippen LogP contribution in [0.4, 0.5) is 52.7 Å². The molecule has 1 aromatic carbocycles. The standard InChI is InChI=1S/C12F12N2/c13-7-3(1-25)5(9(15,16)11(19,20)21)6(8(14)4(7)2-26)10(17,18)12(22,23)24. The number of nitrogens with zero attached hydrogens (tertiary/aromatic N) is 2. The number of hydrogen-bond acceptors (Lipinski definition) is 2. The average Bonchev–Trinajstić information content (AvgIpc) is 2.44. The number of nitriles is 2. The molecule has 0 spiro atoms. The van der Waals surface area contributed by atoms with Gasteiger partial charge in [0.15, 0.2) is 11.6 Å². The molecule has 0 aliphatic heterocycles. The van der Waals surface area contributed by atoms with Gasteiger partial charge in [-0.2, -0.15) is 54.4 Å². The molecule has 0 atom stereocenters. The summed E-state index contributed by atoms with van der Waals surface area (Å²) in [6.45, 7) is 0. The topological polar surface area (TPSA) is 47.6 Å². The molecule has 26 heavy (non-hydrogen) atoms. The first-order valence-corrected chi connectivity index (χ1v) is 5.72. The van der Waals surface area contributed by atoms with Gasteiger partial charge in [-0.05, 0) is 0 Å². The van der Waals surface area contributed by atoms with Gasteiger partial charge in [-0.15, -0.1) is 0 Å². The maximum Gasteiger partial charge on any atom is 0.458 e. The molecule has 14 heteroatoms. The van der Waals surface area contributed by atoms with E-state index in [-0.39, 0.29) is 6.07 Å². The van der Waals surface area contributed by atoms with Crippen LogP contribution in [0.25, 0.3) is 0 Å². The third-order valence-corrected chi connectivity index (χ3v) is 2.94. The second kappa shape index (κ2) is 5.96. The highest BCUT2D eigenvalue weighted by Gasteiger charge is 2.68. The van der Waals surface area contributed by atoms with E-state index in [9.17, 15) is 52.7 Å². The fourth-order valence-corrected chi connectivity index (χ4v) is 1.79. The lowest BCUT2D eigenvalue weighted by molar-refractivity contribution is -0.302. The van der Waals surface area contributed by atoms with Crippen molar-refractivity contribution in [2.75, 3.05) is 0 Å². The Hall–Kier alpha value is -2.64. The molecule has 0 amide bonds. The van der Waals surface area contributed by atoms with Crippen LogP contribution in [0.1, 0.15) is 22.3 Å². The molecular weight excluding hydrogens is 400 g/mol. The van der Waals surface area contributed by atoms with Crippen molar-refractivity contribution in [3.63, 3.8) is 0 Å². The molecule has 0 saturated carbocycles. The monoisotopic (exact) mass is 400 g/mol. The van der Waals surface area contributed by atoms with Crippen LogP contribution in [0.3, 0.4) is 0 Å². The van der Waals surface area contributed by atoms with E-state index in [2.05, 4.69) is 0 Å². The molecule has 142 valence electrons. The van der Waals surface area contributed by atoms with E-state index in [1.165, 1.54) is 0 Å². The third-order valence-electron chi connectivity index (χ3n) is 2.94. The lowest BCUT2D eigenvalue weighted by atomic mass is 9.88. The van der Waals surface area contributed by atoms with Crippen molar-refractivity contribution in [1.82, 2.24) is 0 Å². The Balaban J connectivity index is 4.34. The van der Waals surface area contributed by atoms with Gasteiger partial charge in [-0.25, -0.2) is 8.78 Å². The van der Waals surface area contributed by atoms with Crippen molar-refractivity contribution >= 4 is 0 Å². The van der Waals surface area contributed by atoms with Crippen molar-refractivity contribution in [1.29, 1.82) is 10.5 Å². The van der Waals surface area contributed by atoms with Gasteiger partial charge < -0.3 is 0 Å². The summed E-state index contributed by atoms with van der Waals surface area (Å²) in [5, 5.41) is 16.9. The quantitative estimate of drug-likeness (QED) is 0.655. The van der Waals surface area contributed by atoms with Crippen LogP contribution in [-0.4, -0.2) is 12.4 Å². The summed E-state index contributed by atoms with van der Waals surface area (Å²) in [5.74, 6) is -19.4. The number of benzene rings is 1. The highest BCUT2D eigenvalue weighted by atomic mass is 19.4. The zero-order valence-electron chi connectivity index (χ0n) is 11.4. The number of rotatable bonds is 2. The van der Waals surface area contributed by atoms with Gasteiger partial charge in [0.05, 0.1) is 16.7 Å². The van der Waals surface area contributed by atoms with Gasteiger partial charge in [0.1, 0.15) is 17.7 Å². The first kappa shape index (κ1) is 21.4. The number of halogens is 12. The van der Waals surface area contributed by atoms with Gasteiger partial charge in [-0.3, -0.25) is 0 Å². The highest BCUT2D eigenvalue weighted by molar-refractivity contribution is 5.55. The summed E-state index contributed by atoms with van der Waals surface area (Å²) < 4.78 is 156. The van der Waals surface area contributed by atoms with E-state index in [0.717, 1.165) is 0 Å². The first-order valence-electron chi connectivity index (χ1n) is 5.72. The second-order valence-electron chi connectivity index (χ2n) is 4.50. The Bertz CT molecular complexity index is 819. The van der Waals surface area contributed by atoms with E-state index in [1.54, 1.807) is 0 Å². The number of hydrogen-bond donors (Lipinski definition) is 0. The largest absolute Gasteiger partial charge is 0.458 e. The Morgan fingerprint density at radius 2 is 0.885 bits per heavy atom. The molecule has 2 nitrogen and oxygen atoms in total. The zero-order chi connectivity index (χ0) is 20.9. The van der Waals surface area contributed by atoms with Crippen LogP contribution < -0.4 is 0 Å². The minimum atomic E-state index is -6.92. The summed E-state index contributed by atoms with van der Waals surface area (Å²) in [7, 11) is 0. The smallest absolute Gasteiger partial charge is 0.205 e. The van der Waals surface area contributed by atoms with Crippen LogP contribution in [0.15, 0.2) is 0 Å². The molecule has 1 aromatic rings. The van der Waals surface area contributed by atoms with Crippen molar-refractivity contribution < 1.29 is 52.7 Å². The van der Waals surface area contributed by atoms with Crippen molar-refractivity contribution in [2.45, 2.75) is 24.2 Å². The van der Waals surface area contributed by atoms with E-state index in [4.69, 9.17) is 10.5 Å². The predicted octanol–water partition coefficient (Wildman–Crippen LogP) is 5.02. The van der Waals surface area contributed by atoms with Gasteiger partial charge in [0.25, 0.3) is 0 Å². The second-order valence-corrected chi connectivity index (χ2v) is 4.50. The van der Waals surface area contributed by atoms with Crippen LogP contribution in [0, 0.1) is 34.3 Å². The Kier molecular flexibility index (Phi) is 4.91. The van der Waals surface area contributed by atoms with Gasteiger partial charge in [-0.1, -0.05) is 0 Å². The fourth-order valence-electron chi connectivity index (χ4n) is 1.79. The lowest BCUT2D eigenvalue weighted by Gasteiger charge is -2.28. The zero-order valence-corrected chi connectivity index (χ0v) is 11.4. The summed E-state index contributed by atoms with van der Waals surface area (Å²) >= 11 is 0. The minimum Gasteiger partial charge on any atom is -0.205 e. The molecule has 0 fully saturated rings. The lowest BCUT2D eigenvalue weighted by Crippen LogP contribution is -2.42. The van der Waals surface area contributed by atoms with E-state index < -0.39 is 58.1 Å². The van der Waals surface area contributed by atoms with Gasteiger partial charge >= 0.3 is 24.2 Å². The van der Waals surface area contributed by atoms with Crippen molar-refractivity contribution in [3.05, 3.63) is 33.9 Å². The van der Waals surface area contributed by atoms with Crippen LogP contribution in [0.2, 0.25) is 0 Å². The highest BCUT2D eigenvalue weighted by Crippen LogP contribution is 2.54. The maximum atomic E-state index is 13.8. The molecule has 1 rings (SSSR count). The Morgan fingerprint density at radius 1 is 0.538 bits per heavy atom. The van der Waals surface area contributed by atoms with E-state index >= 15 is 0 Å². The van der Waals surface area contributed by atoms with E-state index in [0.29, 0.717) is 6.07 Å². The molecular formula is C12F12N2. The van der Waals surface area contributed by atoms with E-state index in [1.807, 2.05) is 0 Å². The van der Waals surface area contributed by atoms with Crippen LogP contribution in [-0.2, 0) is 11.8 Å². The van der Waals surface area contributed by atoms with Gasteiger partial charge in [0.2, 0.25) is 0 Å². The average molecular weight is 400 g/mol. The van der Waals surface area contributed by atoms with Crippen molar-refractivity contribution in [2.24, 2.45) is 0 Å². The predicted molar refractivity (Wildman–Crippen MR) is 55.7 cm³/mol. The SMILES string of the molecule is N#Cc1c(F)c(C#N)c(C(F)(F)C(F)(F)F)c(C(F)(F)C(F)(F)F)c1F. The Morgan fingerprint density at radius 3 is 1.19 bits per heavy atom. The molecule has 0 saturated heterocycles. The Labute approximate surface area is 134 Å².